The molecule has 178 valence electrons. The standard InChI is InChI=1S/C26H27ClFN3O3/c27-25-16-23(34-13-10-31-8-11-33-12-9-31)6-7-24(25)20-4-5-22(29-18-20)15-26(32)30-17-19-2-1-3-21(28)14-19/h1-7,14,16,18H,8-13,15,17H2,(H,30,32). The van der Waals surface area contributed by atoms with E-state index < -0.39 is 0 Å². The monoisotopic (exact) mass is 483 g/mol. The third-order valence-corrected chi connectivity index (χ3v) is 5.89. The topological polar surface area (TPSA) is 63.7 Å². The second kappa shape index (κ2) is 11.9. The molecule has 0 aliphatic carbocycles. The number of hydrogen-bond donors (Lipinski definition) is 1. The summed E-state index contributed by atoms with van der Waals surface area (Å²) in [5.41, 5.74) is 3.05. The largest absolute Gasteiger partial charge is 0.492 e. The predicted molar refractivity (Wildman–Crippen MR) is 129 cm³/mol. The molecule has 0 unspecified atom stereocenters. The van der Waals surface area contributed by atoms with Crippen LogP contribution in [0.2, 0.25) is 5.02 Å². The van der Waals surface area contributed by atoms with Gasteiger partial charge >= 0.3 is 0 Å². The summed E-state index contributed by atoms with van der Waals surface area (Å²) in [5.74, 6) is 0.220. The van der Waals surface area contributed by atoms with Crippen molar-refractivity contribution in [3.05, 3.63) is 82.9 Å². The summed E-state index contributed by atoms with van der Waals surface area (Å²) in [6.45, 7) is 5.11. The van der Waals surface area contributed by atoms with Crippen molar-refractivity contribution in [3.8, 4) is 16.9 Å². The zero-order chi connectivity index (χ0) is 23.8. The van der Waals surface area contributed by atoms with Crippen LogP contribution in [-0.2, 0) is 22.5 Å². The van der Waals surface area contributed by atoms with Gasteiger partial charge in [0, 0.05) is 49.2 Å². The van der Waals surface area contributed by atoms with E-state index in [-0.39, 0.29) is 24.7 Å². The van der Waals surface area contributed by atoms with Crippen LogP contribution in [0.4, 0.5) is 4.39 Å². The van der Waals surface area contributed by atoms with Gasteiger partial charge in [-0.1, -0.05) is 29.8 Å². The van der Waals surface area contributed by atoms with Gasteiger partial charge in [-0.25, -0.2) is 4.39 Å². The second-order valence-corrected chi connectivity index (χ2v) is 8.47. The molecule has 3 aromatic rings. The number of carbonyl (C=O) groups excluding carboxylic acids is 1. The summed E-state index contributed by atoms with van der Waals surface area (Å²) in [7, 11) is 0. The highest BCUT2D eigenvalue weighted by molar-refractivity contribution is 6.33. The van der Waals surface area contributed by atoms with Gasteiger partial charge in [-0.2, -0.15) is 0 Å². The summed E-state index contributed by atoms with van der Waals surface area (Å²) in [4.78, 5) is 18.9. The molecule has 1 fully saturated rings. The van der Waals surface area contributed by atoms with Crippen molar-refractivity contribution in [2.24, 2.45) is 0 Å². The SMILES string of the molecule is O=C(Cc1ccc(-c2ccc(OCCN3CCOCC3)cc2Cl)cn1)NCc1cccc(F)c1. The maximum atomic E-state index is 13.2. The average molecular weight is 484 g/mol. The molecule has 8 heteroatoms. The molecule has 1 aromatic heterocycles. The van der Waals surface area contributed by atoms with E-state index in [4.69, 9.17) is 21.1 Å². The molecule has 2 aromatic carbocycles. The van der Waals surface area contributed by atoms with E-state index in [1.54, 1.807) is 24.4 Å². The molecule has 4 rings (SSSR count). The number of ether oxygens (including phenoxy) is 2. The fourth-order valence-electron chi connectivity index (χ4n) is 3.70. The first-order chi connectivity index (χ1) is 16.6. The summed E-state index contributed by atoms with van der Waals surface area (Å²) in [5, 5.41) is 3.36. The fraction of sp³-hybridized carbons (Fsp3) is 0.308. The van der Waals surface area contributed by atoms with Crippen molar-refractivity contribution in [3.63, 3.8) is 0 Å². The van der Waals surface area contributed by atoms with E-state index >= 15 is 0 Å². The van der Waals surface area contributed by atoms with Crippen LogP contribution in [0.15, 0.2) is 60.8 Å². The minimum absolute atomic E-state index is 0.138. The molecule has 0 bridgehead atoms. The molecule has 1 aliphatic heterocycles. The number of halogens is 2. The van der Waals surface area contributed by atoms with Gasteiger partial charge in [0.15, 0.2) is 0 Å². The lowest BCUT2D eigenvalue weighted by atomic mass is 10.1. The third-order valence-electron chi connectivity index (χ3n) is 5.58. The van der Waals surface area contributed by atoms with Crippen LogP contribution in [0, 0.1) is 5.82 Å². The Bertz CT molecular complexity index is 1100. The Morgan fingerprint density at radius 1 is 1.15 bits per heavy atom. The van der Waals surface area contributed by atoms with Crippen LogP contribution in [0.5, 0.6) is 5.75 Å². The number of hydrogen-bond acceptors (Lipinski definition) is 5. The number of aromatic nitrogens is 1. The quantitative estimate of drug-likeness (QED) is 0.496. The Hall–Kier alpha value is -3.00. The van der Waals surface area contributed by atoms with Crippen molar-refractivity contribution in [2.45, 2.75) is 13.0 Å². The molecule has 1 saturated heterocycles. The molecule has 0 saturated carbocycles. The normalized spacial score (nSPS) is 14.1. The van der Waals surface area contributed by atoms with Gasteiger partial charge in [-0.05, 0) is 42.0 Å². The fourth-order valence-corrected chi connectivity index (χ4v) is 3.98. The Kier molecular flexibility index (Phi) is 8.46. The van der Waals surface area contributed by atoms with Crippen LogP contribution >= 0.6 is 11.6 Å². The number of benzene rings is 2. The number of carbonyl (C=O) groups is 1. The zero-order valence-corrected chi connectivity index (χ0v) is 19.6. The summed E-state index contributed by atoms with van der Waals surface area (Å²) < 4.78 is 24.5. The predicted octanol–water partition coefficient (Wildman–Crippen LogP) is 4.11. The Labute approximate surface area is 203 Å². The minimum atomic E-state index is -0.324. The van der Waals surface area contributed by atoms with E-state index in [0.29, 0.717) is 22.9 Å². The van der Waals surface area contributed by atoms with Crippen LogP contribution in [0.3, 0.4) is 0 Å². The van der Waals surface area contributed by atoms with Gasteiger partial charge in [-0.3, -0.25) is 14.7 Å². The highest BCUT2D eigenvalue weighted by atomic mass is 35.5. The number of nitrogens with zero attached hydrogens (tertiary/aromatic N) is 2. The molecule has 0 radical (unpaired) electrons. The van der Waals surface area contributed by atoms with Crippen molar-refractivity contribution < 1.29 is 18.7 Å². The van der Waals surface area contributed by atoms with Gasteiger partial charge in [0.05, 0.1) is 24.7 Å². The number of nitrogens with one attached hydrogen (secondary N) is 1. The van der Waals surface area contributed by atoms with Gasteiger partial charge in [0.1, 0.15) is 18.2 Å². The molecule has 0 spiro atoms. The average Bonchev–Trinajstić information content (AvgIpc) is 2.84. The van der Waals surface area contributed by atoms with Gasteiger partial charge in [0.2, 0.25) is 5.91 Å². The van der Waals surface area contributed by atoms with E-state index in [1.165, 1.54) is 12.1 Å². The van der Waals surface area contributed by atoms with Gasteiger partial charge in [0.25, 0.3) is 0 Å². The van der Waals surface area contributed by atoms with E-state index in [1.807, 2.05) is 24.3 Å². The molecule has 1 amide bonds. The molecule has 34 heavy (non-hydrogen) atoms. The van der Waals surface area contributed by atoms with Crippen molar-refractivity contribution in [2.75, 3.05) is 39.5 Å². The molecule has 1 N–H and O–H groups in total. The lowest BCUT2D eigenvalue weighted by molar-refractivity contribution is -0.120. The number of pyridine rings is 1. The minimum Gasteiger partial charge on any atom is -0.492 e. The number of rotatable bonds is 9. The van der Waals surface area contributed by atoms with Crippen LogP contribution in [0.25, 0.3) is 11.1 Å². The van der Waals surface area contributed by atoms with Gasteiger partial charge in [-0.15, -0.1) is 0 Å². The first kappa shape index (κ1) is 24.1. The van der Waals surface area contributed by atoms with Crippen LogP contribution in [0.1, 0.15) is 11.3 Å². The summed E-state index contributed by atoms with van der Waals surface area (Å²) >= 11 is 6.50. The molecule has 2 heterocycles. The van der Waals surface area contributed by atoms with E-state index in [2.05, 4.69) is 15.2 Å². The smallest absolute Gasteiger partial charge is 0.226 e. The summed E-state index contributed by atoms with van der Waals surface area (Å²) in [6, 6.07) is 15.5. The van der Waals surface area contributed by atoms with Crippen LogP contribution in [-0.4, -0.2) is 55.2 Å². The number of amides is 1. The van der Waals surface area contributed by atoms with Crippen molar-refractivity contribution >= 4 is 17.5 Å². The van der Waals surface area contributed by atoms with E-state index in [9.17, 15) is 9.18 Å². The second-order valence-electron chi connectivity index (χ2n) is 8.07. The molecule has 1 aliphatic rings. The molecule has 6 nitrogen and oxygen atoms in total. The maximum absolute atomic E-state index is 13.2. The first-order valence-electron chi connectivity index (χ1n) is 11.3. The van der Waals surface area contributed by atoms with Crippen molar-refractivity contribution in [1.29, 1.82) is 0 Å². The summed E-state index contributed by atoms with van der Waals surface area (Å²) in [6.07, 6.45) is 1.84. The Morgan fingerprint density at radius 3 is 2.74 bits per heavy atom. The lowest BCUT2D eigenvalue weighted by Gasteiger charge is -2.26. The Balaban J connectivity index is 1.28. The van der Waals surface area contributed by atoms with E-state index in [0.717, 1.165) is 49.7 Å². The molecule has 0 atom stereocenters. The van der Waals surface area contributed by atoms with Crippen LogP contribution < -0.4 is 10.1 Å². The zero-order valence-electron chi connectivity index (χ0n) is 18.8. The highest BCUT2D eigenvalue weighted by Crippen LogP contribution is 2.31. The third kappa shape index (κ3) is 7.00. The van der Waals surface area contributed by atoms with Gasteiger partial charge < -0.3 is 14.8 Å². The first-order valence-corrected chi connectivity index (χ1v) is 11.6. The molecular formula is C26H27ClFN3O3. The lowest BCUT2D eigenvalue weighted by Crippen LogP contribution is -2.38. The molecular weight excluding hydrogens is 457 g/mol. The van der Waals surface area contributed by atoms with Crippen molar-refractivity contribution in [1.82, 2.24) is 15.2 Å². The number of morpholine rings is 1. The highest BCUT2D eigenvalue weighted by Gasteiger charge is 2.11. The Morgan fingerprint density at radius 2 is 2.00 bits per heavy atom. The maximum Gasteiger partial charge on any atom is 0.226 e.